The maximum Gasteiger partial charge on any atom is 0.246 e. The summed E-state index contributed by atoms with van der Waals surface area (Å²) in [4.78, 5) is 63.0. The van der Waals surface area contributed by atoms with Crippen LogP contribution >= 0.6 is 11.3 Å². The molecule has 5 aromatic rings. The number of ether oxygens (including phenoxy) is 1. The molecule has 3 amide bonds. The summed E-state index contributed by atoms with van der Waals surface area (Å²) >= 11 is 1.59. The first-order chi connectivity index (χ1) is 32.7. The number of aromatic nitrogens is 5. The monoisotopic (exact) mass is 941 g/mol. The minimum absolute atomic E-state index is 0.0292. The summed E-state index contributed by atoms with van der Waals surface area (Å²) in [5, 5.41) is 25.5. The lowest BCUT2D eigenvalue weighted by Gasteiger charge is -2.42. The Morgan fingerprint density at radius 1 is 0.926 bits per heavy atom. The third kappa shape index (κ3) is 10.00. The molecule has 1 aliphatic carbocycles. The molecule has 5 N–H and O–H groups in total. The average molecular weight is 942 g/mol. The standard InChI is InChI=1S/C51H63N11O5S/c1-30-45(68-29-56-30)34-16-12-32(13-17-34)23-53-48(65)42-21-38(63)28-61(42)49(66)46(51(2,3)4)57-44(64)20-31-10-14-33(15-11-31)35-24-54-50(55-25-35)62-36-18-19-37(62)27-60(26-36)41-22-40(58-59-47(41)52)39-8-6-7-9-43(39)67-5/h6-9,12-13,16-17,22,24-25,29,31,33,36-38,42,46,63H,10-11,14-15,18-21,23,26-28H2,1-5H3,(H2,52,59)(H,53,65)(H,57,64)/t31-,33+,36?,37?,38-,42+,46-/m1/s1. The molecular weight excluding hydrogens is 879 g/mol. The number of piperazine rings is 1. The molecule has 3 aliphatic heterocycles. The molecule has 68 heavy (non-hydrogen) atoms. The summed E-state index contributed by atoms with van der Waals surface area (Å²) in [6.45, 7) is 9.57. The van der Waals surface area contributed by atoms with Crippen LogP contribution in [0.4, 0.5) is 17.5 Å². The largest absolute Gasteiger partial charge is 0.496 e. The predicted octanol–water partition coefficient (Wildman–Crippen LogP) is 6.29. The zero-order valence-electron chi connectivity index (χ0n) is 39.6. The smallest absolute Gasteiger partial charge is 0.246 e. The molecular formula is C51H63N11O5S. The number of anilines is 3. The van der Waals surface area contributed by atoms with Crippen LogP contribution in [-0.2, 0) is 20.9 Å². The van der Waals surface area contributed by atoms with Crippen molar-refractivity contribution < 1.29 is 24.2 Å². The van der Waals surface area contributed by atoms with E-state index < -0.39 is 23.6 Å². The van der Waals surface area contributed by atoms with E-state index in [1.807, 2.05) is 100 Å². The first-order valence-electron chi connectivity index (χ1n) is 23.9. The summed E-state index contributed by atoms with van der Waals surface area (Å²) in [5.74, 6) is 1.51. The predicted molar refractivity (Wildman–Crippen MR) is 263 cm³/mol. The second-order valence-corrected chi connectivity index (χ2v) is 20.9. The van der Waals surface area contributed by atoms with Gasteiger partial charge in [-0.3, -0.25) is 14.4 Å². The van der Waals surface area contributed by atoms with Crippen LogP contribution in [0, 0.1) is 18.3 Å². The number of aliphatic hydroxyl groups excluding tert-OH is 1. The van der Waals surface area contributed by atoms with Crippen molar-refractivity contribution in [2.24, 2.45) is 11.3 Å². The van der Waals surface area contributed by atoms with E-state index in [2.05, 4.69) is 35.6 Å². The van der Waals surface area contributed by atoms with Crippen LogP contribution in [0.25, 0.3) is 21.7 Å². The van der Waals surface area contributed by atoms with E-state index >= 15 is 0 Å². The molecule has 358 valence electrons. The van der Waals surface area contributed by atoms with Crippen molar-refractivity contribution in [3.8, 4) is 27.4 Å². The Morgan fingerprint density at radius 3 is 2.29 bits per heavy atom. The molecule has 4 fully saturated rings. The summed E-state index contributed by atoms with van der Waals surface area (Å²) in [7, 11) is 1.65. The molecule has 4 aliphatic rings. The number of benzene rings is 2. The zero-order valence-corrected chi connectivity index (χ0v) is 40.4. The van der Waals surface area contributed by atoms with Gasteiger partial charge in [-0.2, -0.15) is 0 Å². The number of likely N-dealkylation sites (tertiary alicyclic amines) is 1. The molecule has 0 spiro atoms. The van der Waals surface area contributed by atoms with Gasteiger partial charge in [0.25, 0.3) is 0 Å². The summed E-state index contributed by atoms with van der Waals surface area (Å²) in [6.07, 6.45) is 9.25. The van der Waals surface area contributed by atoms with Crippen LogP contribution in [0.3, 0.4) is 0 Å². The molecule has 17 heteroatoms. The van der Waals surface area contributed by atoms with Gasteiger partial charge in [-0.05, 0) is 97.6 Å². The Labute approximate surface area is 402 Å². The number of carbonyl (C=O) groups is 3. The second-order valence-electron chi connectivity index (χ2n) is 20.1. The molecule has 0 radical (unpaired) electrons. The van der Waals surface area contributed by atoms with Gasteiger partial charge < -0.3 is 40.9 Å². The Hall–Kier alpha value is -6.20. The van der Waals surface area contributed by atoms with E-state index in [4.69, 9.17) is 20.4 Å². The van der Waals surface area contributed by atoms with Crippen molar-refractivity contribution in [2.45, 2.75) is 122 Å². The molecule has 2 aromatic carbocycles. The van der Waals surface area contributed by atoms with Gasteiger partial charge in [-0.15, -0.1) is 21.5 Å². The van der Waals surface area contributed by atoms with Crippen molar-refractivity contribution in [3.05, 3.63) is 89.3 Å². The number of amides is 3. The number of nitrogens with two attached hydrogens (primary N) is 1. The summed E-state index contributed by atoms with van der Waals surface area (Å²) in [5.41, 5.74) is 14.2. The number of para-hydroxylation sites is 1. The minimum atomic E-state index is -0.869. The van der Waals surface area contributed by atoms with E-state index in [9.17, 15) is 19.5 Å². The first-order valence-corrected chi connectivity index (χ1v) is 24.8. The Morgan fingerprint density at radius 2 is 1.63 bits per heavy atom. The highest BCUT2D eigenvalue weighted by Gasteiger charge is 2.45. The Bertz CT molecular complexity index is 2580. The molecule has 6 heterocycles. The van der Waals surface area contributed by atoms with E-state index in [1.165, 1.54) is 4.90 Å². The number of nitrogens with one attached hydrogen (secondary N) is 2. The van der Waals surface area contributed by atoms with Crippen LogP contribution < -0.4 is 30.9 Å². The number of hydrogen-bond donors (Lipinski definition) is 4. The van der Waals surface area contributed by atoms with Gasteiger partial charge in [0.2, 0.25) is 23.7 Å². The quantitative estimate of drug-likeness (QED) is 0.103. The zero-order chi connectivity index (χ0) is 47.7. The normalized spacial score (nSPS) is 23.1. The number of thiazole rings is 1. The van der Waals surface area contributed by atoms with Crippen LogP contribution in [0.5, 0.6) is 5.75 Å². The van der Waals surface area contributed by atoms with Crippen molar-refractivity contribution in [1.82, 2.24) is 40.7 Å². The van der Waals surface area contributed by atoms with Crippen molar-refractivity contribution in [3.63, 3.8) is 0 Å². The van der Waals surface area contributed by atoms with Gasteiger partial charge in [-0.25, -0.2) is 15.0 Å². The number of fused-ring (bicyclic) bond motifs is 2. The summed E-state index contributed by atoms with van der Waals surface area (Å²) < 4.78 is 5.59. The van der Waals surface area contributed by atoms with E-state index in [0.29, 0.717) is 23.9 Å². The molecule has 3 saturated heterocycles. The number of carbonyl (C=O) groups excluding carboxylic acids is 3. The van der Waals surface area contributed by atoms with E-state index in [1.54, 1.807) is 18.4 Å². The highest BCUT2D eigenvalue weighted by Crippen LogP contribution is 2.40. The van der Waals surface area contributed by atoms with Crippen molar-refractivity contribution >= 4 is 46.5 Å². The van der Waals surface area contributed by atoms with Gasteiger partial charge in [0.05, 0.1) is 40.7 Å². The molecule has 16 nitrogen and oxygen atoms in total. The third-order valence-corrected chi connectivity index (χ3v) is 15.4. The topological polar surface area (TPSA) is 205 Å². The highest BCUT2D eigenvalue weighted by molar-refractivity contribution is 7.13. The Balaban J connectivity index is 0.761. The second kappa shape index (κ2) is 19.8. The van der Waals surface area contributed by atoms with Gasteiger partial charge in [-0.1, -0.05) is 57.2 Å². The molecule has 3 aromatic heterocycles. The number of nitrogen functional groups attached to an aromatic ring is 1. The molecule has 2 unspecified atom stereocenters. The fourth-order valence-corrected chi connectivity index (χ4v) is 11.5. The van der Waals surface area contributed by atoms with E-state index in [0.717, 1.165) is 102 Å². The number of rotatable bonds is 13. The summed E-state index contributed by atoms with van der Waals surface area (Å²) in [6, 6.07) is 16.5. The lowest BCUT2D eigenvalue weighted by molar-refractivity contribution is -0.144. The Kier molecular flexibility index (Phi) is 13.7. The number of aryl methyl sites for hydroxylation is 1. The maximum atomic E-state index is 14.2. The maximum absolute atomic E-state index is 14.2. The molecule has 9 rings (SSSR count). The van der Waals surface area contributed by atoms with Crippen LogP contribution in [0.1, 0.15) is 94.9 Å². The lowest BCUT2D eigenvalue weighted by atomic mass is 9.78. The van der Waals surface area contributed by atoms with Gasteiger partial charge in [0.1, 0.15) is 17.8 Å². The molecule has 5 atom stereocenters. The first kappa shape index (κ1) is 46.9. The number of aliphatic hydroxyl groups is 1. The fourth-order valence-electron chi connectivity index (χ4n) is 10.7. The van der Waals surface area contributed by atoms with Crippen LogP contribution in [-0.4, -0.2) is 110 Å². The van der Waals surface area contributed by atoms with Gasteiger partial charge in [0, 0.05) is 69.1 Å². The van der Waals surface area contributed by atoms with E-state index in [-0.39, 0.29) is 55.2 Å². The highest BCUT2D eigenvalue weighted by atomic mass is 32.1. The van der Waals surface area contributed by atoms with Gasteiger partial charge in [0.15, 0.2) is 5.82 Å². The van der Waals surface area contributed by atoms with Crippen molar-refractivity contribution in [1.29, 1.82) is 0 Å². The number of hydrogen-bond acceptors (Lipinski definition) is 14. The number of β-amino-alcohol motifs (C(OH)–C–C–N with tert-alkyl or cyclic N) is 1. The van der Waals surface area contributed by atoms with Crippen LogP contribution in [0.15, 0.2) is 72.5 Å². The SMILES string of the molecule is COc1ccccc1-c1cc(N2CC3CCC(C2)N3c2ncc([C@H]3CC[C@@H](CC(=O)N[C@H](C(=O)N4C[C@H](O)C[C@H]4C(=O)NCc4ccc(-c5scnc5C)cc4)C(C)(C)C)CC3)cn2)c(N)nn1. The van der Waals surface area contributed by atoms with Crippen LogP contribution in [0.2, 0.25) is 0 Å². The molecule has 2 bridgehead atoms. The van der Waals surface area contributed by atoms with Crippen molar-refractivity contribution in [2.75, 3.05) is 42.3 Å². The molecule has 1 saturated carbocycles. The fraction of sp³-hybridized carbons (Fsp3) is 0.490. The third-order valence-electron chi connectivity index (χ3n) is 14.4. The number of methoxy groups -OCH3 is 1. The van der Waals surface area contributed by atoms with Gasteiger partial charge >= 0.3 is 0 Å². The number of nitrogens with zero attached hydrogens (tertiary/aromatic N) is 8. The minimum Gasteiger partial charge on any atom is -0.496 e. The lowest BCUT2D eigenvalue weighted by Crippen LogP contribution is -2.57. The average Bonchev–Trinajstić information content (AvgIpc) is 4.03.